The van der Waals surface area contributed by atoms with Crippen molar-refractivity contribution in [2.24, 2.45) is 0 Å². The zero-order valence-corrected chi connectivity index (χ0v) is 17.9. The SMILES string of the molecule is O=C(Nc1ncn(Cc2ccccc2)n1)c1ccn(COc2ccc(Br)cc2Cl)n1. The zero-order valence-electron chi connectivity index (χ0n) is 15.6. The molecule has 0 bridgehead atoms. The molecule has 0 radical (unpaired) electrons. The highest BCUT2D eigenvalue weighted by atomic mass is 79.9. The molecule has 0 saturated carbocycles. The Hall–Kier alpha value is -3.17. The summed E-state index contributed by atoms with van der Waals surface area (Å²) >= 11 is 9.47. The van der Waals surface area contributed by atoms with Crippen LogP contribution in [0.5, 0.6) is 5.75 Å². The van der Waals surface area contributed by atoms with E-state index in [0.29, 0.717) is 17.3 Å². The predicted molar refractivity (Wildman–Crippen MR) is 116 cm³/mol. The smallest absolute Gasteiger partial charge is 0.278 e. The summed E-state index contributed by atoms with van der Waals surface area (Å²) in [6.45, 7) is 0.673. The van der Waals surface area contributed by atoms with E-state index in [1.165, 1.54) is 4.68 Å². The van der Waals surface area contributed by atoms with E-state index in [2.05, 4.69) is 36.4 Å². The van der Waals surface area contributed by atoms with Gasteiger partial charge in [0.2, 0.25) is 5.95 Å². The fourth-order valence-corrected chi connectivity index (χ4v) is 3.37. The Balaban J connectivity index is 1.34. The molecule has 0 unspecified atom stereocenters. The Kier molecular flexibility index (Phi) is 6.10. The number of aromatic nitrogens is 5. The third-order valence-electron chi connectivity index (χ3n) is 4.07. The number of rotatable bonds is 7. The molecule has 2 aromatic heterocycles. The Morgan fingerprint density at radius 3 is 2.73 bits per heavy atom. The lowest BCUT2D eigenvalue weighted by Crippen LogP contribution is -2.15. The molecular formula is C20H16BrClN6O2. The Bertz CT molecular complexity index is 1160. The number of amides is 1. The van der Waals surface area contributed by atoms with Gasteiger partial charge in [-0.05, 0) is 29.8 Å². The molecule has 0 aliphatic carbocycles. The van der Waals surface area contributed by atoms with Crippen LogP contribution in [-0.2, 0) is 13.3 Å². The molecule has 2 heterocycles. The lowest BCUT2D eigenvalue weighted by molar-refractivity contribution is 0.101. The summed E-state index contributed by atoms with van der Waals surface area (Å²) in [6.07, 6.45) is 3.21. The van der Waals surface area contributed by atoms with Gasteiger partial charge in [-0.15, -0.1) is 5.10 Å². The summed E-state index contributed by atoms with van der Waals surface area (Å²) in [5, 5.41) is 11.6. The normalized spacial score (nSPS) is 10.7. The standard InChI is InChI=1S/C20H16BrClN6O2/c21-15-6-7-18(16(22)10-15)30-13-27-9-8-17(25-27)19(29)24-20-23-12-28(26-20)11-14-4-2-1-3-5-14/h1-10,12H,11,13H2,(H,24,26,29). The van der Waals surface area contributed by atoms with Crippen molar-refractivity contribution in [2.75, 3.05) is 5.32 Å². The Morgan fingerprint density at radius 1 is 1.10 bits per heavy atom. The van der Waals surface area contributed by atoms with Crippen LogP contribution in [0.4, 0.5) is 5.95 Å². The molecule has 10 heteroatoms. The number of ether oxygens (including phenoxy) is 1. The van der Waals surface area contributed by atoms with Crippen LogP contribution in [0, 0.1) is 0 Å². The van der Waals surface area contributed by atoms with Crippen molar-refractivity contribution in [3.05, 3.63) is 87.9 Å². The van der Waals surface area contributed by atoms with E-state index >= 15 is 0 Å². The van der Waals surface area contributed by atoms with Gasteiger partial charge in [-0.25, -0.2) is 14.3 Å². The first kappa shape index (κ1) is 20.1. The van der Waals surface area contributed by atoms with E-state index in [1.54, 1.807) is 35.4 Å². The van der Waals surface area contributed by atoms with Crippen molar-refractivity contribution in [3.8, 4) is 5.75 Å². The van der Waals surface area contributed by atoms with Crippen LogP contribution in [0.1, 0.15) is 16.1 Å². The molecule has 0 aliphatic heterocycles. The average molecular weight is 488 g/mol. The van der Waals surface area contributed by atoms with Crippen LogP contribution >= 0.6 is 27.5 Å². The molecule has 0 saturated heterocycles. The molecule has 0 fully saturated rings. The van der Waals surface area contributed by atoms with Gasteiger partial charge in [-0.2, -0.15) is 5.10 Å². The van der Waals surface area contributed by atoms with Gasteiger partial charge in [0.1, 0.15) is 12.1 Å². The number of carbonyl (C=O) groups is 1. The predicted octanol–water partition coefficient (Wildman–Crippen LogP) is 4.23. The molecule has 30 heavy (non-hydrogen) atoms. The maximum Gasteiger partial charge on any atom is 0.278 e. The van der Waals surface area contributed by atoms with Crippen LogP contribution in [0.25, 0.3) is 0 Å². The van der Waals surface area contributed by atoms with Crippen LogP contribution in [0.15, 0.2) is 71.6 Å². The molecule has 1 amide bonds. The molecule has 0 atom stereocenters. The van der Waals surface area contributed by atoms with Crippen LogP contribution in [-0.4, -0.2) is 30.5 Å². The fraction of sp³-hybridized carbons (Fsp3) is 0.100. The number of anilines is 1. The van der Waals surface area contributed by atoms with Gasteiger partial charge in [-0.3, -0.25) is 10.1 Å². The summed E-state index contributed by atoms with van der Waals surface area (Å²) in [7, 11) is 0. The number of halogens is 2. The minimum Gasteiger partial charge on any atom is -0.470 e. The maximum absolute atomic E-state index is 12.4. The van der Waals surface area contributed by atoms with Gasteiger partial charge in [0.05, 0.1) is 11.6 Å². The monoisotopic (exact) mass is 486 g/mol. The first-order valence-corrected chi connectivity index (χ1v) is 10.1. The van der Waals surface area contributed by atoms with Gasteiger partial charge in [-0.1, -0.05) is 57.9 Å². The summed E-state index contributed by atoms with van der Waals surface area (Å²) < 4.78 is 9.64. The highest BCUT2D eigenvalue weighted by molar-refractivity contribution is 9.10. The van der Waals surface area contributed by atoms with Gasteiger partial charge in [0, 0.05) is 10.7 Å². The van der Waals surface area contributed by atoms with E-state index in [-0.39, 0.29) is 18.4 Å². The molecule has 152 valence electrons. The van der Waals surface area contributed by atoms with Crippen LogP contribution in [0.2, 0.25) is 5.02 Å². The quantitative estimate of drug-likeness (QED) is 0.422. The third-order valence-corrected chi connectivity index (χ3v) is 4.86. The van der Waals surface area contributed by atoms with E-state index in [0.717, 1.165) is 10.0 Å². The maximum atomic E-state index is 12.4. The largest absolute Gasteiger partial charge is 0.470 e. The number of hydrogen-bond acceptors (Lipinski definition) is 5. The van der Waals surface area contributed by atoms with E-state index in [4.69, 9.17) is 16.3 Å². The number of hydrogen-bond donors (Lipinski definition) is 1. The lowest BCUT2D eigenvalue weighted by atomic mass is 10.2. The van der Waals surface area contributed by atoms with Gasteiger partial charge < -0.3 is 4.74 Å². The molecule has 2 aromatic carbocycles. The van der Waals surface area contributed by atoms with Crippen molar-refractivity contribution in [3.63, 3.8) is 0 Å². The number of benzene rings is 2. The van der Waals surface area contributed by atoms with Crippen molar-refractivity contribution in [2.45, 2.75) is 13.3 Å². The first-order valence-electron chi connectivity index (χ1n) is 8.93. The molecule has 0 aliphatic rings. The molecule has 8 nitrogen and oxygen atoms in total. The Labute approximate surface area is 185 Å². The molecule has 4 aromatic rings. The van der Waals surface area contributed by atoms with Crippen LogP contribution < -0.4 is 10.1 Å². The van der Waals surface area contributed by atoms with Crippen molar-refractivity contribution in [1.82, 2.24) is 24.5 Å². The van der Waals surface area contributed by atoms with Crippen LogP contribution in [0.3, 0.4) is 0 Å². The summed E-state index contributed by atoms with van der Waals surface area (Å²) in [6, 6.07) is 16.8. The minimum absolute atomic E-state index is 0.110. The second-order valence-corrected chi connectivity index (χ2v) is 7.62. The molecule has 4 rings (SSSR count). The highest BCUT2D eigenvalue weighted by Gasteiger charge is 2.13. The van der Waals surface area contributed by atoms with Gasteiger partial charge >= 0.3 is 0 Å². The highest BCUT2D eigenvalue weighted by Crippen LogP contribution is 2.27. The topological polar surface area (TPSA) is 86.9 Å². The number of nitrogens with zero attached hydrogens (tertiary/aromatic N) is 5. The fourth-order valence-electron chi connectivity index (χ4n) is 2.65. The first-order chi connectivity index (χ1) is 14.6. The molecule has 0 spiro atoms. The molecular weight excluding hydrogens is 472 g/mol. The second-order valence-electron chi connectivity index (χ2n) is 6.29. The lowest BCUT2D eigenvalue weighted by Gasteiger charge is -2.08. The van der Waals surface area contributed by atoms with E-state index in [9.17, 15) is 4.79 Å². The summed E-state index contributed by atoms with van der Waals surface area (Å²) in [4.78, 5) is 16.5. The van der Waals surface area contributed by atoms with Crippen molar-refractivity contribution >= 4 is 39.4 Å². The van der Waals surface area contributed by atoms with E-state index in [1.807, 2.05) is 36.4 Å². The Morgan fingerprint density at radius 2 is 1.93 bits per heavy atom. The summed E-state index contributed by atoms with van der Waals surface area (Å²) in [5.41, 5.74) is 1.31. The zero-order chi connectivity index (χ0) is 20.9. The summed E-state index contributed by atoms with van der Waals surface area (Å²) in [5.74, 6) is 0.325. The third kappa shape index (κ3) is 5.05. The minimum atomic E-state index is -0.409. The second kappa shape index (κ2) is 9.10. The number of carbonyl (C=O) groups excluding carboxylic acids is 1. The van der Waals surface area contributed by atoms with Crippen molar-refractivity contribution < 1.29 is 9.53 Å². The average Bonchev–Trinajstić information content (AvgIpc) is 3.38. The van der Waals surface area contributed by atoms with Gasteiger partial charge in [0.15, 0.2) is 12.4 Å². The number of nitrogens with one attached hydrogen (secondary N) is 1. The molecule has 1 N–H and O–H groups in total. The van der Waals surface area contributed by atoms with Crippen molar-refractivity contribution in [1.29, 1.82) is 0 Å². The van der Waals surface area contributed by atoms with Gasteiger partial charge in [0.25, 0.3) is 5.91 Å². The van der Waals surface area contributed by atoms with E-state index < -0.39 is 5.91 Å².